The van der Waals surface area contributed by atoms with Crippen molar-refractivity contribution in [1.29, 1.82) is 0 Å². The van der Waals surface area contributed by atoms with Gasteiger partial charge in [0.25, 0.3) is 0 Å². The van der Waals surface area contributed by atoms with Gasteiger partial charge in [-0.3, -0.25) is 0 Å². The van der Waals surface area contributed by atoms with Gasteiger partial charge >= 0.3 is 0 Å². The Hall–Kier alpha value is -0.640. The van der Waals surface area contributed by atoms with E-state index in [0.29, 0.717) is 6.04 Å². The molecule has 0 amide bonds. The van der Waals surface area contributed by atoms with Gasteiger partial charge in [-0.2, -0.15) is 11.8 Å². The Morgan fingerprint density at radius 2 is 2.31 bits per heavy atom. The number of hydrogen-bond donors (Lipinski definition) is 1. The van der Waals surface area contributed by atoms with Crippen molar-refractivity contribution < 1.29 is 0 Å². The Morgan fingerprint density at radius 1 is 1.50 bits per heavy atom. The number of nitrogens with zero attached hydrogens (tertiary/aromatic N) is 2. The molecule has 1 saturated carbocycles. The molecule has 0 saturated heterocycles. The fourth-order valence-corrected chi connectivity index (χ4v) is 3.35. The van der Waals surface area contributed by atoms with E-state index in [-0.39, 0.29) is 0 Å². The summed E-state index contributed by atoms with van der Waals surface area (Å²) >= 11 is 1.99. The van der Waals surface area contributed by atoms with Crippen LogP contribution >= 0.6 is 11.8 Å². The smallest absolute Gasteiger partial charge is 0.203 e. The molecule has 1 aliphatic carbocycles. The summed E-state index contributed by atoms with van der Waals surface area (Å²) in [6.45, 7) is 3.14. The van der Waals surface area contributed by atoms with Crippen molar-refractivity contribution in [2.24, 2.45) is 0 Å². The summed E-state index contributed by atoms with van der Waals surface area (Å²) in [5.41, 5.74) is 0. The number of thioether (sulfide) groups is 1. The molecule has 1 aliphatic rings. The summed E-state index contributed by atoms with van der Waals surface area (Å²) in [5.74, 6) is 1.04. The highest BCUT2D eigenvalue weighted by atomic mass is 32.2. The van der Waals surface area contributed by atoms with Gasteiger partial charge in [0.15, 0.2) is 0 Å². The van der Waals surface area contributed by atoms with Gasteiger partial charge in [0.2, 0.25) is 5.95 Å². The first-order chi connectivity index (χ1) is 7.85. The molecular weight excluding hydrogens is 218 g/mol. The van der Waals surface area contributed by atoms with E-state index in [0.717, 1.165) is 17.7 Å². The zero-order chi connectivity index (χ0) is 11.4. The molecule has 2 unspecified atom stereocenters. The summed E-state index contributed by atoms with van der Waals surface area (Å²) < 4.78 is 2.17. The fourth-order valence-electron chi connectivity index (χ4n) is 2.41. The lowest BCUT2D eigenvalue weighted by atomic mass is 9.95. The molecule has 1 aromatic heterocycles. The second-order valence-electron chi connectivity index (χ2n) is 4.35. The van der Waals surface area contributed by atoms with Crippen LogP contribution in [0.3, 0.4) is 0 Å². The predicted octanol–water partition coefficient (Wildman–Crippen LogP) is 2.99. The van der Waals surface area contributed by atoms with Crippen LogP contribution < -0.4 is 5.32 Å². The summed E-state index contributed by atoms with van der Waals surface area (Å²) in [4.78, 5) is 4.39. The minimum absolute atomic E-state index is 0.594. The van der Waals surface area contributed by atoms with Crippen LogP contribution in [0.4, 0.5) is 5.95 Å². The largest absolute Gasteiger partial charge is 0.352 e. The molecule has 0 radical (unpaired) electrons. The van der Waals surface area contributed by atoms with Crippen molar-refractivity contribution in [2.75, 3.05) is 11.6 Å². The zero-order valence-electron chi connectivity index (χ0n) is 10.1. The second-order valence-corrected chi connectivity index (χ2v) is 5.42. The fraction of sp³-hybridized carbons (Fsp3) is 0.750. The summed E-state index contributed by atoms with van der Waals surface area (Å²) in [6.07, 6.45) is 11.5. The van der Waals surface area contributed by atoms with Gasteiger partial charge < -0.3 is 9.88 Å². The number of anilines is 1. The Labute approximate surface area is 102 Å². The molecule has 1 aromatic rings. The van der Waals surface area contributed by atoms with Crippen molar-refractivity contribution in [3.63, 3.8) is 0 Å². The molecule has 0 aliphatic heterocycles. The van der Waals surface area contributed by atoms with E-state index < -0.39 is 0 Å². The van der Waals surface area contributed by atoms with Crippen LogP contribution in [0.25, 0.3) is 0 Å². The Bertz CT molecular complexity index is 324. The van der Waals surface area contributed by atoms with Crippen molar-refractivity contribution in [3.05, 3.63) is 12.4 Å². The van der Waals surface area contributed by atoms with Crippen LogP contribution in [-0.2, 0) is 6.54 Å². The van der Waals surface area contributed by atoms with Crippen molar-refractivity contribution in [3.8, 4) is 0 Å². The van der Waals surface area contributed by atoms with E-state index in [1.54, 1.807) is 0 Å². The van der Waals surface area contributed by atoms with Crippen LogP contribution in [0.1, 0.15) is 32.6 Å². The molecule has 3 nitrogen and oxygen atoms in total. The van der Waals surface area contributed by atoms with Crippen molar-refractivity contribution in [1.82, 2.24) is 9.55 Å². The van der Waals surface area contributed by atoms with Crippen LogP contribution in [0.5, 0.6) is 0 Å². The number of aryl methyl sites for hydroxylation is 1. The van der Waals surface area contributed by atoms with E-state index >= 15 is 0 Å². The van der Waals surface area contributed by atoms with E-state index in [1.807, 2.05) is 24.2 Å². The van der Waals surface area contributed by atoms with Crippen LogP contribution in [0.15, 0.2) is 12.4 Å². The molecular formula is C12H21N3S. The van der Waals surface area contributed by atoms with Gasteiger partial charge in [-0.15, -0.1) is 0 Å². The molecule has 90 valence electrons. The Kier molecular flexibility index (Phi) is 4.16. The Balaban J connectivity index is 2.02. The number of imidazole rings is 1. The second kappa shape index (κ2) is 5.62. The highest BCUT2D eigenvalue weighted by Gasteiger charge is 2.24. The van der Waals surface area contributed by atoms with Crippen LogP contribution in [0.2, 0.25) is 0 Å². The third-order valence-corrected chi connectivity index (χ3v) is 4.55. The molecule has 2 atom stereocenters. The summed E-state index contributed by atoms with van der Waals surface area (Å²) in [6, 6.07) is 0.594. The number of rotatable bonds is 4. The van der Waals surface area contributed by atoms with Gasteiger partial charge in [-0.05, 0) is 26.0 Å². The first-order valence-corrected chi connectivity index (χ1v) is 7.44. The van der Waals surface area contributed by atoms with Crippen LogP contribution in [0, 0.1) is 0 Å². The SMILES string of the molecule is CCn1ccnc1NC1CCCCC1SC. The zero-order valence-corrected chi connectivity index (χ0v) is 11.0. The van der Waals surface area contributed by atoms with Crippen LogP contribution in [-0.4, -0.2) is 27.1 Å². The van der Waals surface area contributed by atoms with Gasteiger partial charge in [0.05, 0.1) is 0 Å². The molecule has 16 heavy (non-hydrogen) atoms. The molecule has 1 N–H and O–H groups in total. The summed E-state index contributed by atoms with van der Waals surface area (Å²) in [7, 11) is 0. The van der Waals surface area contributed by atoms with Crippen molar-refractivity contribution >= 4 is 17.7 Å². The molecule has 4 heteroatoms. The standard InChI is InChI=1S/C12H21N3S/c1-3-15-9-8-13-12(15)14-10-6-4-5-7-11(10)16-2/h8-11H,3-7H2,1-2H3,(H,13,14). The first-order valence-electron chi connectivity index (χ1n) is 6.15. The maximum atomic E-state index is 4.39. The monoisotopic (exact) mass is 239 g/mol. The third kappa shape index (κ3) is 2.54. The third-order valence-electron chi connectivity index (χ3n) is 3.38. The highest BCUT2D eigenvalue weighted by molar-refractivity contribution is 7.99. The van der Waals surface area contributed by atoms with Gasteiger partial charge in [0.1, 0.15) is 0 Å². The van der Waals surface area contributed by atoms with E-state index in [9.17, 15) is 0 Å². The lowest BCUT2D eigenvalue weighted by Crippen LogP contribution is -2.35. The minimum Gasteiger partial charge on any atom is -0.352 e. The topological polar surface area (TPSA) is 29.9 Å². The molecule has 0 aromatic carbocycles. The molecule has 0 bridgehead atoms. The van der Waals surface area contributed by atoms with E-state index in [4.69, 9.17) is 0 Å². The molecule has 0 spiro atoms. The normalized spacial score (nSPS) is 25.6. The molecule has 1 heterocycles. The average Bonchev–Trinajstić information content (AvgIpc) is 2.77. The first kappa shape index (κ1) is 11.8. The maximum absolute atomic E-state index is 4.39. The lowest BCUT2D eigenvalue weighted by Gasteiger charge is -2.31. The number of aromatic nitrogens is 2. The predicted molar refractivity (Wildman–Crippen MR) is 71.1 cm³/mol. The van der Waals surface area contributed by atoms with Gasteiger partial charge in [-0.25, -0.2) is 4.98 Å². The minimum atomic E-state index is 0.594. The molecule has 1 fully saturated rings. The number of nitrogens with one attached hydrogen (secondary N) is 1. The highest BCUT2D eigenvalue weighted by Crippen LogP contribution is 2.29. The summed E-state index contributed by atoms with van der Waals surface area (Å²) in [5, 5.41) is 4.36. The van der Waals surface area contributed by atoms with Gasteiger partial charge in [0, 0.05) is 30.2 Å². The van der Waals surface area contributed by atoms with E-state index in [2.05, 4.69) is 28.0 Å². The quantitative estimate of drug-likeness (QED) is 0.876. The van der Waals surface area contributed by atoms with E-state index in [1.165, 1.54) is 25.7 Å². The van der Waals surface area contributed by atoms with Crippen molar-refractivity contribution in [2.45, 2.75) is 50.4 Å². The lowest BCUT2D eigenvalue weighted by molar-refractivity contribution is 0.471. The molecule has 2 rings (SSSR count). The average molecular weight is 239 g/mol. The number of hydrogen-bond acceptors (Lipinski definition) is 3. The maximum Gasteiger partial charge on any atom is 0.203 e. The van der Waals surface area contributed by atoms with Gasteiger partial charge in [-0.1, -0.05) is 12.8 Å². The Morgan fingerprint density at radius 3 is 3.06 bits per heavy atom.